The normalized spacial score (nSPS) is 34.1. The minimum absolute atomic E-state index is 0.0279. The molecular weight excluding hydrogens is 552 g/mol. The molecule has 0 radical (unpaired) electrons. The molecule has 3 fully saturated rings. The first kappa shape index (κ1) is 34.6. The number of esters is 1. The van der Waals surface area contributed by atoms with Crippen molar-refractivity contribution in [1.29, 1.82) is 0 Å². The topological polar surface area (TPSA) is 129 Å². The Balaban J connectivity index is 1.31. The van der Waals surface area contributed by atoms with E-state index < -0.39 is 12.0 Å². The van der Waals surface area contributed by atoms with Gasteiger partial charge in [-0.25, -0.2) is 4.79 Å². The summed E-state index contributed by atoms with van der Waals surface area (Å²) in [6.07, 6.45) is 16.7. The van der Waals surface area contributed by atoms with Crippen molar-refractivity contribution in [3.8, 4) is 0 Å². The lowest BCUT2D eigenvalue weighted by atomic mass is 9.47. The zero-order chi connectivity index (χ0) is 32.1. The number of methoxy groups -OCH3 is 1. The van der Waals surface area contributed by atoms with Crippen LogP contribution in [0.1, 0.15) is 118 Å². The van der Waals surface area contributed by atoms with Crippen molar-refractivity contribution < 1.29 is 19.1 Å². The van der Waals surface area contributed by atoms with E-state index in [4.69, 9.17) is 20.9 Å². The van der Waals surface area contributed by atoms with Gasteiger partial charge < -0.3 is 26.3 Å². The molecule has 4 rings (SSSR count). The molecule has 1 amide bonds. The number of guanidine groups is 1. The molecule has 44 heavy (non-hydrogen) atoms. The van der Waals surface area contributed by atoms with Crippen LogP contribution in [-0.4, -0.2) is 44.3 Å². The standard InChI is InChI=1S/C36H62N4O4/c1-23(2)9-7-10-24(3)29-14-15-30-28-13-12-26-21-27(16-18-35(26,4)31(28)17-19-36(29,30)5)44-34(42)40-22-25(32(41)43-6)11-8-20-39-33(37)38/h12,23-25,27-31H,7-11,13-22H2,1-6H3,(H,40,42)(H4,37,38,39). The van der Waals surface area contributed by atoms with Gasteiger partial charge in [0.1, 0.15) is 6.10 Å². The van der Waals surface area contributed by atoms with Crippen molar-refractivity contribution in [2.75, 3.05) is 20.2 Å². The molecule has 3 saturated carbocycles. The number of carbonyl (C=O) groups excluding carboxylic acids is 2. The van der Waals surface area contributed by atoms with Crippen molar-refractivity contribution >= 4 is 18.0 Å². The second-order valence-electron chi connectivity index (χ2n) is 15.6. The van der Waals surface area contributed by atoms with Crippen LogP contribution in [0, 0.1) is 52.3 Å². The first-order valence-electron chi connectivity index (χ1n) is 17.7. The van der Waals surface area contributed by atoms with Gasteiger partial charge in [-0.15, -0.1) is 0 Å². The lowest BCUT2D eigenvalue weighted by Gasteiger charge is -2.58. The highest BCUT2D eigenvalue weighted by Gasteiger charge is 2.59. The third-order valence-corrected chi connectivity index (χ3v) is 12.6. The molecule has 0 bridgehead atoms. The summed E-state index contributed by atoms with van der Waals surface area (Å²) in [5.41, 5.74) is 13.0. The lowest BCUT2D eigenvalue weighted by Crippen LogP contribution is -2.51. The number of allylic oxidation sites excluding steroid dienone is 1. The molecular formula is C36H62N4O4. The summed E-state index contributed by atoms with van der Waals surface area (Å²) in [6.45, 7) is 13.0. The molecule has 5 N–H and O–H groups in total. The van der Waals surface area contributed by atoms with Crippen LogP contribution in [-0.2, 0) is 14.3 Å². The molecule has 0 aliphatic heterocycles. The Morgan fingerprint density at radius 2 is 1.80 bits per heavy atom. The van der Waals surface area contributed by atoms with Crippen LogP contribution < -0.4 is 16.8 Å². The van der Waals surface area contributed by atoms with E-state index >= 15 is 0 Å². The molecule has 0 aromatic heterocycles. The van der Waals surface area contributed by atoms with E-state index in [9.17, 15) is 9.59 Å². The number of nitrogens with one attached hydrogen (secondary N) is 1. The maximum absolute atomic E-state index is 12.8. The van der Waals surface area contributed by atoms with E-state index in [2.05, 4.69) is 51.0 Å². The number of amides is 1. The molecule has 0 spiro atoms. The van der Waals surface area contributed by atoms with Gasteiger partial charge in [-0.2, -0.15) is 0 Å². The maximum atomic E-state index is 12.8. The Kier molecular flexibility index (Phi) is 11.7. The fourth-order valence-electron chi connectivity index (χ4n) is 10.2. The third-order valence-electron chi connectivity index (χ3n) is 12.6. The van der Waals surface area contributed by atoms with Gasteiger partial charge in [0.25, 0.3) is 0 Å². The monoisotopic (exact) mass is 614 g/mol. The van der Waals surface area contributed by atoms with E-state index in [1.165, 1.54) is 64.0 Å². The summed E-state index contributed by atoms with van der Waals surface area (Å²) >= 11 is 0. The molecule has 0 aromatic rings. The average Bonchev–Trinajstić information content (AvgIpc) is 3.33. The molecule has 0 saturated heterocycles. The molecule has 8 heteroatoms. The summed E-state index contributed by atoms with van der Waals surface area (Å²) in [4.78, 5) is 29.0. The molecule has 250 valence electrons. The molecule has 4 aliphatic rings. The minimum atomic E-state index is -0.468. The maximum Gasteiger partial charge on any atom is 0.407 e. The summed E-state index contributed by atoms with van der Waals surface area (Å²) in [7, 11) is 1.36. The first-order chi connectivity index (χ1) is 20.9. The molecule has 9 unspecified atom stereocenters. The summed E-state index contributed by atoms with van der Waals surface area (Å²) in [5, 5.41) is 2.82. The average molecular weight is 615 g/mol. The largest absolute Gasteiger partial charge is 0.469 e. The van der Waals surface area contributed by atoms with E-state index in [0.29, 0.717) is 24.8 Å². The molecule has 9 atom stereocenters. The Hall–Kier alpha value is -2.25. The predicted molar refractivity (Wildman–Crippen MR) is 177 cm³/mol. The lowest BCUT2D eigenvalue weighted by molar-refractivity contribution is -0.145. The smallest absolute Gasteiger partial charge is 0.407 e. The second-order valence-corrected chi connectivity index (χ2v) is 15.6. The predicted octanol–water partition coefficient (Wildman–Crippen LogP) is 6.97. The Morgan fingerprint density at radius 1 is 1.02 bits per heavy atom. The number of nitrogens with zero attached hydrogens (tertiary/aromatic N) is 1. The van der Waals surface area contributed by atoms with Gasteiger partial charge in [-0.3, -0.25) is 9.79 Å². The molecule has 4 aliphatic carbocycles. The fraction of sp³-hybridized carbons (Fsp3) is 0.861. The van der Waals surface area contributed by atoms with Crippen LogP contribution >= 0.6 is 0 Å². The zero-order valence-electron chi connectivity index (χ0n) is 28.5. The quantitative estimate of drug-likeness (QED) is 0.0676. The second kappa shape index (κ2) is 14.9. The third kappa shape index (κ3) is 7.75. The first-order valence-corrected chi connectivity index (χ1v) is 17.7. The fourth-order valence-corrected chi connectivity index (χ4v) is 10.2. The number of hydrogen-bond acceptors (Lipinski definition) is 5. The van der Waals surface area contributed by atoms with Crippen LogP contribution in [0.4, 0.5) is 4.79 Å². The van der Waals surface area contributed by atoms with Crippen LogP contribution in [0.25, 0.3) is 0 Å². The Labute approximate surface area is 266 Å². The van der Waals surface area contributed by atoms with E-state index in [1.807, 2.05) is 0 Å². The number of carbonyl (C=O) groups is 2. The van der Waals surface area contributed by atoms with Crippen LogP contribution in [0.3, 0.4) is 0 Å². The highest BCUT2D eigenvalue weighted by Crippen LogP contribution is 2.67. The number of rotatable bonds is 13. The van der Waals surface area contributed by atoms with Gasteiger partial charge >= 0.3 is 12.1 Å². The van der Waals surface area contributed by atoms with Gasteiger partial charge in [0.2, 0.25) is 0 Å². The van der Waals surface area contributed by atoms with Gasteiger partial charge in [0, 0.05) is 19.5 Å². The van der Waals surface area contributed by atoms with Crippen molar-refractivity contribution in [2.45, 2.75) is 124 Å². The highest BCUT2D eigenvalue weighted by molar-refractivity contribution is 5.75. The zero-order valence-corrected chi connectivity index (χ0v) is 28.5. The van der Waals surface area contributed by atoms with Crippen molar-refractivity contribution in [1.82, 2.24) is 5.32 Å². The molecule has 0 aromatic carbocycles. The van der Waals surface area contributed by atoms with Crippen LogP contribution in [0.15, 0.2) is 16.6 Å². The van der Waals surface area contributed by atoms with E-state index in [1.54, 1.807) is 0 Å². The van der Waals surface area contributed by atoms with Gasteiger partial charge in [0.05, 0.1) is 13.0 Å². The van der Waals surface area contributed by atoms with Crippen LogP contribution in [0.2, 0.25) is 0 Å². The Morgan fingerprint density at radius 3 is 2.50 bits per heavy atom. The molecule has 0 heterocycles. The van der Waals surface area contributed by atoms with Gasteiger partial charge in [-0.05, 0) is 104 Å². The van der Waals surface area contributed by atoms with Crippen LogP contribution in [0.5, 0.6) is 0 Å². The number of ether oxygens (including phenoxy) is 2. The summed E-state index contributed by atoms with van der Waals surface area (Å²) in [6, 6.07) is 0. The van der Waals surface area contributed by atoms with Gasteiger partial charge in [-0.1, -0.05) is 65.5 Å². The van der Waals surface area contributed by atoms with Crippen molar-refractivity contribution in [3.05, 3.63) is 11.6 Å². The number of nitrogens with two attached hydrogens (primary N) is 2. The summed E-state index contributed by atoms with van der Waals surface area (Å²) in [5.74, 6) is 4.09. The van der Waals surface area contributed by atoms with E-state index in [0.717, 1.165) is 54.8 Å². The summed E-state index contributed by atoms with van der Waals surface area (Å²) < 4.78 is 10.9. The minimum Gasteiger partial charge on any atom is -0.469 e. The van der Waals surface area contributed by atoms with Crippen molar-refractivity contribution in [3.63, 3.8) is 0 Å². The number of aliphatic imine (C=N–C) groups is 1. The Bertz CT molecular complexity index is 1050. The van der Waals surface area contributed by atoms with Crippen molar-refractivity contribution in [2.24, 2.45) is 68.7 Å². The van der Waals surface area contributed by atoms with Gasteiger partial charge in [0.15, 0.2) is 5.96 Å². The SMILES string of the molecule is COC(=O)C(CCCN=C(N)N)CNC(=O)OC1CCC2(C)C(=CCC3C2CCC2(C)C(C(C)CCCC(C)C)CCC32)C1. The van der Waals surface area contributed by atoms with E-state index in [-0.39, 0.29) is 30.0 Å². The molecule has 8 nitrogen and oxygen atoms in total. The highest BCUT2D eigenvalue weighted by atomic mass is 16.6. The number of alkyl carbamates (subject to hydrolysis) is 1. The number of fused-ring (bicyclic) bond motifs is 5. The number of hydrogen-bond donors (Lipinski definition) is 3.